The molecule has 0 unspecified atom stereocenters. The third-order valence-corrected chi connectivity index (χ3v) is 3.97. The first kappa shape index (κ1) is 13.8. The smallest absolute Gasteiger partial charge is 0.128 e. The molecule has 2 heterocycles. The number of hydrogen-bond acceptors (Lipinski definition) is 4. The molecule has 0 N–H and O–H groups in total. The van der Waals surface area contributed by atoms with Gasteiger partial charge in [-0.2, -0.15) is 5.26 Å². The van der Waals surface area contributed by atoms with Crippen molar-refractivity contribution in [2.24, 2.45) is 0 Å². The minimum atomic E-state index is 0.586. The first-order chi connectivity index (χ1) is 10.2. The SMILES string of the molecule is CCc1ncc2c(n1)CN(c1ccc(Cl)cc1C#N)CC2. The molecule has 4 nitrogen and oxygen atoms in total. The highest BCUT2D eigenvalue weighted by Crippen LogP contribution is 2.28. The van der Waals surface area contributed by atoms with Gasteiger partial charge in [-0.05, 0) is 30.2 Å². The minimum Gasteiger partial charge on any atom is -0.364 e. The molecule has 0 fully saturated rings. The number of nitriles is 1. The predicted molar refractivity (Wildman–Crippen MR) is 82.3 cm³/mol. The van der Waals surface area contributed by atoms with E-state index in [4.69, 9.17) is 11.6 Å². The molecule has 2 aromatic rings. The Morgan fingerprint density at radius 2 is 2.29 bits per heavy atom. The van der Waals surface area contributed by atoms with Crippen LogP contribution in [0.5, 0.6) is 0 Å². The highest BCUT2D eigenvalue weighted by molar-refractivity contribution is 6.30. The van der Waals surface area contributed by atoms with Crippen LogP contribution in [0, 0.1) is 11.3 Å². The highest BCUT2D eigenvalue weighted by atomic mass is 35.5. The molecule has 1 aliphatic heterocycles. The average Bonchev–Trinajstić information content (AvgIpc) is 2.53. The molecule has 21 heavy (non-hydrogen) atoms. The van der Waals surface area contributed by atoms with Gasteiger partial charge in [0.25, 0.3) is 0 Å². The van der Waals surface area contributed by atoms with Crippen LogP contribution in [0.25, 0.3) is 0 Å². The van der Waals surface area contributed by atoms with Gasteiger partial charge in [-0.15, -0.1) is 0 Å². The van der Waals surface area contributed by atoms with Crippen LogP contribution in [0.3, 0.4) is 0 Å². The number of halogens is 1. The Labute approximate surface area is 129 Å². The van der Waals surface area contributed by atoms with Gasteiger partial charge in [-0.1, -0.05) is 18.5 Å². The van der Waals surface area contributed by atoms with Gasteiger partial charge >= 0.3 is 0 Å². The lowest BCUT2D eigenvalue weighted by atomic mass is 10.0. The Balaban J connectivity index is 1.94. The summed E-state index contributed by atoms with van der Waals surface area (Å²) in [5, 5.41) is 9.88. The van der Waals surface area contributed by atoms with E-state index in [9.17, 15) is 5.26 Å². The van der Waals surface area contributed by atoms with Gasteiger partial charge in [0, 0.05) is 24.2 Å². The topological polar surface area (TPSA) is 52.8 Å². The van der Waals surface area contributed by atoms with Crippen molar-refractivity contribution in [1.82, 2.24) is 9.97 Å². The zero-order valence-electron chi connectivity index (χ0n) is 11.8. The molecule has 0 spiro atoms. The predicted octanol–water partition coefficient (Wildman–Crippen LogP) is 3.13. The van der Waals surface area contributed by atoms with E-state index in [0.717, 1.165) is 36.6 Å². The molecule has 1 aromatic carbocycles. The molecule has 3 rings (SSSR count). The summed E-state index contributed by atoms with van der Waals surface area (Å²) in [6, 6.07) is 7.67. The number of aromatic nitrogens is 2. The largest absolute Gasteiger partial charge is 0.364 e. The molecule has 0 radical (unpaired) electrons. The van der Waals surface area contributed by atoms with Crippen molar-refractivity contribution in [2.45, 2.75) is 26.3 Å². The molecule has 1 aromatic heterocycles. The summed E-state index contributed by atoms with van der Waals surface area (Å²) in [4.78, 5) is 11.2. The van der Waals surface area contributed by atoms with Crippen LogP contribution in [0.2, 0.25) is 5.02 Å². The fourth-order valence-corrected chi connectivity index (χ4v) is 2.77. The van der Waals surface area contributed by atoms with Gasteiger partial charge in [-0.3, -0.25) is 0 Å². The Hall–Kier alpha value is -2.12. The van der Waals surface area contributed by atoms with Gasteiger partial charge in [0.1, 0.15) is 11.9 Å². The van der Waals surface area contributed by atoms with Crippen LogP contribution in [0.1, 0.15) is 29.6 Å². The van der Waals surface area contributed by atoms with Crippen molar-refractivity contribution >= 4 is 17.3 Å². The quantitative estimate of drug-likeness (QED) is 0.855. The summed E-state index contributed by atoms with van der Waals surface area (Å²) in [7, 11) is 0. The highest BCUT2D eigenvalue weighted by Gasteiger charge is 2.20. The molecule has 0 saturated carbocycles. The number of benzene rings is 1. The van der Waals surface area contributed by atoms with Crippen LogP contribution >= 0.6 is 11.6 Å². The van der Waals surface area contributed by atoms with Crippen molar-refractivity contribution in [3.8, 4) is 6.07 Å². The first-order valence-corrected chi connectivity index (χ1v) is 7.37. The lowest BCUT2D eigenvalue weighted by molar-refractivity contribution is 0.692. The van der Waals surface area contributed by atoms with Crippen LogP contribution in [-0.4, -0.2) is 16.5 Å². The molecule has 5 heteroatoms. The van der Waals surface area contributed by atoms with E-state index in [1.807, 2.05) is 18.3 Å². The molecular weight excluding hydrogens is 284 g/mol. The normalized spacial score (nSPS) is 13.7. The summed E-state index contributed by atoms with van der Waals surface area (Å²) in [5.41, 5.74) is 3.79. The number of rotatable bonds is 2. The summed E-state index contributed by atoms with van der Waals surface area (Å²) in [6.45, 7) is 3.62. The summed E-state index contributed by atoms with van der Waals surface area (Å²) in [6.07, 6.45) is 3.66. The van der Waals surface area contributed by atoms with Crippen molar-refractivity contribution in [3.63, 3.8) is 0 Å². The van der Waals surface area contributed by atoms with E-state index in [1.54, 1.807) is 6.07 Å². The maximum Gasteiger partial charge on any atom is 0.128 e. The zero-order valence-corrected chi connectivity index (χ0v) is 12.6. The maximum absolute atomic E-state index is 9.29. The molecule has 0 saturated heterocycles. The monoisotopic (exact) mass is 298 g/mol. The van der Waals surface area contributed by atoms with Gasteiger partial charge in [-0.25, -0.2) is 9.97 Å². The number of fused-ring (bicyclic) bond motifs is 1. The minimum absolute atomic E-state index is 0.586. The summed E-state index contributed by atoms with van der Waals surface area (Å²) < 4.78 is 0. The summed E-state index contributed by atoms with van der Waals surface area (Å²) in [5.74, 6) is 0.868. The lowest BCUT2D eigenvalue weighted by Crippen LogP contribution is -2.32. The van der Waals surface area contributed by atoms with Crippen LogP contribution in [0.15, 0.2) is 24.4 Å². The fourth-order valence-electron chi connectivity index (χ4n) is 2.59. The third kappa shape index (κ3) is 2.70. The fraction of sp³-hybridized carbons (Fsp3) is 0.312. The van der Waals surface area contributed by atoms with Crippen LogP contribution in [-0.2, 0) is 19.4 Å². The maximum atomic E-state index is 9.29. The number of anilines is 1. The molecule has 0 atom stereocenters. The van der Waals surface area contributed by atoms with Gasteiger partial charge in [0.2, 0.25) is 0 Å². The van der Waals surface area contributed by atoms with E-state index in [0.29, 0.717) is 17.1 Å². The molecular formula is C16H15ClN4. The Bertz CT molecular complexity index is 721. The van der Waals surface area contributed by atoms with E-state index in [2.05, 4.69) is 27.9 Å². The Morgan fingerprint density at radius 3 is 3.05 bits per heavy atom. The summed E-state index contributed by atoms with van der Waals surface area (Å²) >= 11 is 5.96. The standard InChI is InChI=1S/C16H15ClN4/c1-2-16-19-9-11-5-6-21(10-14(11)20-16)15-4-3-13(17)7-12(15)8-18/h3-4,7,9H,2,5-6,10H2,1H3. The number of nitrogens with zero attached hydrogens (tertiary/aromatic N) is 4. The number of aryl methyl sites for hydroxylation is 1. The van der Waals surface area contributed by atoms with E-state index < -0.39 is 0 Å². The second-order valence-corrected chi connectivity index (χ2v) is 5.49. The third-order valence-electron chi connectivity index (χ3n) is 3.73. The van der Waals surface area contributed by atoms with Crippen molar-refractivity contribution in [2.75, 3.05) is 11.4 Å². The first-order valence-electron chi connectivity index (χ1n) is 6.99. The molecule has 106 valence electrons. The Morgan fingerprint density at radius 1 is 1.43 bits per heavy atom. The second kappa shape index (κ2) is 5.71. The second-order valence-electron chi connectivity index (χ2n) is 5.06. The van der Waals surface area contributed by atoms with Crippen molar-refractivity contribution < 1.29 is 0 Å². The lowest BCUT2D eigenvalue weighted by Gasteiger charge is -2.30. The number of hydrogen-bond donors (Lipinski definition) is 0. The van der Waals surface area contributed by atoms with E-state index >= 15 is 0 Å². The van der Waals surface area contributed by atoms with Crippen LogP contribution in [0.4, 0.5) is 5.69 Å². The van der Waals surface area contributed by atoms with E-state index in [1.165, 1.54) is 5.56 Å². The van der Waals surface area contributed by atoms with Gasteiger partial charge < -0.3 is 4.90 Å². The van der Waals surface area contributed by atoms with E-state index in [-0.39, 0.29) is 0 Å². The zero-order chi connectivity index (χ0) is 14.8. The van der Waals surface area contributed by atoms with Gasteiger partial charge in [0.05, 0.1) is 23.5 Å². The molecule has 0 amide bonds. The van der Waals surface area contributed by atoms with Crippen molar-refractivity contribution in [1.29, 1.82) is 5.26 Å². The van der Waals surface area contributed by atoms with Gasteiger partial charge in [0.15, 0.2) is 0 Å². The van der Waals surface area contributed by atoms with Crippen molar-refractivity contribution in [3.05, 3.63) is 52.1 Å². The molecule has 1 aliphatic rings. The Kier molecular flexibility index (Phi) is 3.76. The average molecular weight is 299 g/mol. The van der Waals surface area contributed by atoms with Crippen LogP contribution < -0.4 is 4.90 Å². The molecule has 0 bridgehead atoms. The molecule has 0 aliphatic carbocycles.